The highest BCUT2D eigenvalue weighted by atomic mass is 16.1. The van der Waals surface area contributed by atoms with Gasteiger partial charge in [-0.15, -0.1) is 0 Å². The van der Waals surface area contributed by atoms with Gasteiger partial charge in [0.05, 0.1) is 5.52 Å². The molecule has 2 N–H and O–H groups in total. The zero-order chi connectivity index (χ0) is 13.2. The fourth-order valence-electron chi connectivity index (χ4n) is 2.82. The molecule has 98 valence electrons. The molecule has 0 saturated heterocycles. The van der Waals surface area contributed by atoms with E-state index in [1.165, 1.54) is 0 Å². The molecule has 1 aromatic carbocycles. The van der Waals surface area contributed by atoms with Crippen LogP contribution in [0, 0.1) is 5.92 Å². The van der Waals surface area contributed by atoms with Crippen LogP contribution in [0.2, 0.25) is 0 Å². The third-order valence-corrected chi connectivity index (χ3v) is 4.02. The summed E-state index contributed by atoms with van der Waals surface area (Å²) >= 11 is 0. The highest BCUT2D eigenvalue weighted by molar-refractivity contribution is 6.00. The quantitative estimate of drug-likeness (QED) is 0.838. The molecule has 0 atom stereocenters. The number of aromatic nitrogens is 1. The summed E-state index contributed by atoms with van der Waals surface area (Å²) in [6.07, 6.45) is 5.44. The van der Waals surface area contributed by atoms with Crippen molar-refractivity contribution in [3.8, 4) is 0 Å². The summed E-state index contributed by atoms with van der Waals surface area (Å²) in [5, 5.41) is 1.03. The number of rotatable bonds is 2. The molecule has 1 aromatic heterocycles. The van der Waals surface area contributed by atoms with Crippen molar-refractivity contribution in [3.05, 3.63) is 42.1 Å². The second-order valence-electron chi connectivity index (χ2n) is 5.39. The second kappa shape index (κ2) is 5.10. The van der Waals surface area contributed by atoms with Crippen molar-refractivity contribution in [2.24, 2.45) is 11.7 Å². The molecule has 1 fully saturated rings. The molecule has 1 heterocycles. The minimum Gasteiger partial charge on any atom is -0.328 e. The van der Waals surface area contributed by atoms with E-state index in [9.17, 15) is 4.79 Å². The minimum absolute atomic E-state index is 0.128. The van der Waals surface area contributed by atoms with E-state index in [1.807, 2.05) is 30.3 Å². The van der Waals surface area contributed by atoms with Crippen LogP contribution in [-0.4, -0.2) is 16.8 Å². The van der Waals surface area contributed by atoms with Crippen molar-refractivity contribution in [1.82, 2.24) is 4.98 Å². The van der Waals surface area contributed by atoms with E-state index in [2.05, 4.69) is 4.98 Å². The Morgan fingerprint density at radius 1 is 1.16 bits per heavy atom. The van der Waals surface area contributed by atoms with Gasteiger partial charge in [0.15, 0.2) is 5.78 Å². The molecule has 3 nitrogen and oxygen atoms in total. The summed E-state index contributed by atoms with van der Waals surface area (Å²) in [6.45, 7) is 0. The van der Waals surface area contributed by atoms with Gasteiger partial charge in [-0.3, -0.25) is 9.78 Å². The number of para-hydroxylation sites is 1. The van der Waals surface area contributed by atoms with Gasteiger partial charge in [-0.1, -0.05) is 18.2 Å². The van der Waals surface area contributed by atoms with Gasteiger partial charge in [0.1, 0.15) is 0 Å². The average Bonchev–Trinajstić information content (AvgIpc) is 2.47. The number of benzene rings is 1. The Bertz CT molecular complexity index is 600. The monoisotopic (exact) mass is 254 g/mol. The number of carbonyl (C=O) groups excluding carboxylic acids is 1. The summed E-state index contributed by atoms with van der Waals surface area (Å²) < 4.78 is 0. The number of nitrogens with two attached hydrogens (primary N) is 1. The smallest absolute Gasteiger partial charge is 0.167 e. The second-order valence-corrected chi connectivity index (χ2v) is 5.39. The normalized spacial score (nSPS) is 23.4. The number of hydrogen-bond donors (Lipinski definition) is 1. The van der Waals surface area contributed by atoms with Crippen LogP contribution in [0.1, 0.15) is 36.0 Å². The molecule has 0 aliphatic heterocycles. The van der Waals surface area contributed by atoms with Crippen molar-refractivity contribution in [2.45, 2.75) is 31.7 Å². The molecule has 0 unspecified atom stereocenters. The Morgan fingerprint density at radius 2 is 1.89 bits per heavy atom. The third-order valence-electron chi connectivity index (χ3n) is 4.02. The first-order chi connectivity index (χ1) is 9.24. The number of Topliss-reactive ketones (excluding diaryl/α,β-unsaturated/α-hetero) is 1. The SMILES string of the molecule is NC1CCC(C(=O)c2cnc3ccccc3c2)CC1. The number of fused-ring (bicyclic) bond motifs is 1. The van der Waals surface area contributed by atoms with Crippen LogP contribution in [0.4, 0.5) is 0 Å². The summed E-state index contributed by atoms with van der Waals surface area (Å²) in [4.78, 5) is 16.8. The Balaban J connectivity index is 1.85. The molecule has 19 heavy (non-hydrogen) atoms. The lowest BCUT2D eigenvalue weighted by molar-refractivity contribution is 0.0884. The number of carbonyl (C=O) groups is 1. The molecule has 1 saturated carbocycles. The van der Waals surface area contributed by atoms with E-state index in [-0.39, 0.29) is 17.7 Å². The van der Waals surface area contributed by atoms with Gasteiger partial charge in [-0.2, -0.15) is 0 Å². The molecule has 0 spiro atoms. The molecular weight excluding hydrogens is 236 g/mol. The molecular formula is C16H18N2O. The Kier molecular flexibility index (Phi) is 3.30. The lowest BCUT2D eigenvalue weighted by Gasteiger charge is -2.24. The van der Waals surface area contributed by atoms with Gasteiger partial charge in [0.2, 0.25) is 0 Å². The average molecular weight is 254 g/mol. The molecule has 0 bridgehead atoms. The van der Waals surface area contributed by atoms with Crippen molar-refractivity contribution in [3.63, 3.8) is 0 Å². The van der Waals surface area contributed by atoms with E-state index in [4.69, 9.17) is 5.73 Å². The van der Waals surface area contributed by atoms with Gasteiger partial charge in [0, 0.05) is 29.1 Å². The van der Waals surface area contributed by atoms with E-state index in [0.29, 0.717) is 0 Å². The lowest BCUT2D eigenvalue weighted by Crippen LogP contribution is -2.29. The van der Waals surface area contributed by atoms with Crippen molar-refractivity contribution >= 4 is 16.7 Å². The largest absolute Gasteiger partial charge is 0.328 e. The van der Waals surface area contributed by atoms with Gasteiger partial charge < -0.3 is 5.73 Å². The summed E-state index contributed by atoms with van der Waals surface area (Å²) in [7, 11) is 0. The third kappa shape index (κ3) is 2.51. The maximum absolute atomic E-state index is 12.5. The van der Waals surface area contributed by atoms with Crippen LogP contribution in [0.3, 0.4) is 0 Å². The molecule has 2 aromatic rings. The number of hydrogen-bond acceptors (Lipinski definition) is 3. The first kappa shape index (κ1) is 12.3. The van der Waals surface area contributed by atoms with Crippen LogP contribution in [0.15, 0.2) is 36.5 Å². The van der Waals surface area contributed by atoms with Crippen molar-refractivity contribution in [2.75, 3.05) is 0 Å². The van der Waals surface area contributed by atoms with E-state index < -0.39 is 0 Å². The van der Waals surface area contributed by atoms with Gasteiger partial charge in [0.25, 0.3) is 0 Å². The lowest BCUT2D eigenvalue weighted by atomic mass is 9.82. The van der Waals surface area contributed by atoms with E-state index in [1.54, 1.807) is 6.20 Å². The molecule has 1 aliphatic carbocycles. The first-order valence-corrected chi connectivity index (χ1v) is 6.88. The van der Waals surface area contributed by atoms with E-state index in [0.717, 1.165) is 42.1 Å². The number of pyridine rings is 1. The molecule has 3 rings (SSSR count). The zero-order valence-corrected chi connectivity index (χ0v) is 10.9. The Labute approximate surface area is 112 Å². The first-order valence-electron chi connectivity index (χ1n) is 6.88. The Hall–Kier alpha value is -1.74. The Morgan fingerprint density at radius 3 is 2.68 bits per heavy atom. The van der Waals surface area contributed by atoms with Crippen molar-refractivity contribution < 1.29 is 4.79 Å². The van der Waals surface area contributed by atoms with Gasteiger partial charge >= 0.3 is 0 Å². The summed E-state index contributed by atoms with van der Waals surface area (Å²) in [5.41, 5.74) is 7.56. The molecule has 3 heteroatoms. The van der Waals surface area contributed by atoms with Crippen molar-refractivity contribution in [1.29, 1.82) is 0 Å². The fraction of sp³-hybridized carbons (Fsp3) is 0.375. The standard InChI is InChI=1S/C16H18N2O/c17-14-7-5-11(6-8-14)16(19)13-9-12-3-1-2-4-15(12)18-10-13/h1-4,9-11,14H,5-8,17H2. The predicted molar refractivity (Wildman–Crippen MR) is 76.0 cm³/mol. The van der Waals surface area contributed by atoms with E-state index >= 15 is 0 Å². The maximum Gasteiger partial charge on any atom is 0.167 e. The summed E-state index contributed by atoms with van der Waals surface area (Å²) in [5.74, 6) is 0.355. The molecule has 1 aliphatic rings. The molecule has 0 radical (unpaired) electrons. The fourth-order valence-corrected chi connectivity index (χ4v) is 2.82. The molecule has 0 amide bonds. The highest BCUT2D eigenvalue weighted by Crippen LogP contribution is 2.27. The predicted octanol–water partition coefficient (Wildman–Crippen LogP) is 2.94. The highest BCUT2D eigenvalue weighted by Gasteiger charge is 2.25. The van der Waals surface area contributed by atoms with Gasteiger partial charge in [-0.25, -0.2) is 0 Å². The van der Waals surface area contributed by atoms with Gasteiger partial charge in [-0.05, 0) is 37.8 Å². The minimum atomic E-state index is 0.128. The zero-order valence-electron chi connectivity index (χ0n) is 10.9. The van der Waals surface area contributed by atoms with Crippen LogP contribution in [0.5, 0.6) is 0 Å². The van der Waals surface area contributed by atoms with Crippen LogP contribution >= 0.6 is 0 Å². The number of ketones is 1. The van der Waals surface area contributed by atoms with Crippen LogP contribution in [-0.2, 0) is 0 Å². The number of nitrogens with zero attached hydrogens (tertiary/aromatic N) is 1. The summed E-state index contributed by atoms with van der Waals surface area (Å²) in [6, 6.07) is 10.1. The maximum atomic E-state index is 12.5. The van der Waals surface area contributed by atoms with Crippen LogP contribution < -0.4 is 5.73 Å². The topological polar surface area (TPSA) is 56.0 Å². The van der Waals surface area contributed by atoms with Crippen LogP contribution in [0.25, 0.3) is 10.9 Å².